The van der Waals surface area contributed by atoms with Crippen LogP contribution in [0, 0.1) is 6.92 Å². The molecule has 0 fully saturated rings. The minimum atomic E-state index is -0.152. The molecule has 25 heavy (non-hydrogen) atoms. The molecule has 0 spiro atoms. The molecule has 2 heterocycles. The molecule has 0 saturated heterocycles. The van der Waals surface area contributed by atoms with E-state index in [1.54, 1.807) is 6.20 Å². The molecule has 1 aliphatic rings. The molecule has 0 bridgehead atoms. The summed E-state index contributed by atoms with van der Waals surface area (Å²) >= 11 is 0. The molecule has 3 N–H and O–H groups in total. The van der Waals surface area contributed by atoms with Gasteiger partial charge in [0, 0.05) is 17.3 Å². The van der Waals surface area contributed by atoms with Gasteiger partial charge in [0.15, 0.2) is 6.61 Å². The Morgan fingerprint density at radius 3 is 2.92 bits per heavy atom. The van der Waals surface area contributed by atoms with Crippen LogP contribution in [0.1, 0.15) is 5.56 Å². The molecular weight excluding hydrogens is 316 g/mol. The van der Waals surface area contributed by atoms with E-state index in [-0.39, 0.29) is 12.5 Å². The van der Waals surface area contributed by atoms with Gasteiger partial charge in [0.05, 0.1) is 11.4 Å². The Kier molecular flexibility index (Phi) is 3.87. The van der Waals surface area contributed by atoms with Gasteiger partial charge < -0.3 is 10.1 Å². The van der Waals surface area contributed by atoms with Crippen molar-refractivity contribution in [2.24, 2.45) is 0 Å². The average Bonchev–Trinajstić information content (AvgIpc) is 2.63. The van der Waals surface area contributed by atoms with Gasteiger partial charge in [-0.05, 0) is 37.3 Å². The van der Waals surface area contributed by atoms with E-state index in [1.807, 2.05) is 47.8 Å². The lowest BCUT2D eigenvalue weighted by molar-refractivity contribution is -0.487. The predicted molar refractivity (Wildman–Crippen MR) is 94.0 cm³/mol. The molecule has 0 saturated carbocycles. The molecule has 124 valence electrons. The van der Waals surface area contributed by atoms with Crippen LogP contribution in [0.15, 0.2) is 54.7 Å². The van der Waals surface area contributed by atoms with E-state index in [2.05, 4.69) is 28.3 Å². The maximum atomic E-state index is 11.5. The Balaban J connectivity index is 1.65. The van der Waals surface area contributed by atoms with Crippen LogP contribution in [0.3, 0.4) is 0 Å². The monoisotopic (exact) mass is 333 g/mol. The fourth-order valence-corrected chi connectivity index (χ4v) is 2.73. The van der Waals surface area contributed by atoms with E-state index in [9.17, 15) is 4.79 Å². The van der Waals surface area contributed by atoms with Gasteiger partial charge in [-0.2, -0.15) is 9.97 Å². The third-order valence-electron chi connectivity index (χ3n) is 4.06. The van der Waals surface area contributed by atoms with E-state index in [4.69, 9.17) is 4.74 Å². The number of fused-ring (bicyclic) bond motifs is 1. The maximum Gasteiger partial charge on any atom is 0.331 e. The molecule has 4 rings (SSSR count). The number of hydrogen-bond donors (Lipinski definition) is 2. The number of nitrogens with one attached hydrogen (secondary N) is 1. The summed E-state index contributed by atoms with van der Waals surface area (Å²) in [6.07, 6.45) is 1.74. The highest BCUT2D eigenvalue weighted by Gasteiger charge is 2.17. The molecule has 0 unspecified atom stereocenters. The summed E-state index contributed by atoms with van der Waals surface area (Å²) in [6, 6.07) is 15.6. The number of nitrogens with two attached hydrogens (primary N) is 1. The zero-order chi connectivity index (χ0) is 17.2. The van der Waals surface area contributed by atoms with Gasteiger partial charge in [-0.25, -0.2) is 5.32 Å². The number of amides is 1. The molecule has 0 radical (unpaired) electrons. The van der Waals surface area contributed by atoms with Crippen LogP contribution in [-0.2, 0) is 4.79 Å². The standard InChI is InChI=1S/C19H16N4O2/c1-12-4-2-3-5-14(12)22-19-20-9-8-15(23-19)13-6-7-17-16(10-13)21-18(24)11-25-17/h2-10H,11H2,1H3,(H,21,24)(H,20,22,23)/p+1. The smallest absolute Gasteiger partial charge is 0.331 e. The van der Waals surface area contributed by atoms with Crippen molar-refractivity contribution in [3.63, 3.8) is 0 Å². The van der Waals surface area contributed by atoms with Crippen LogP contribution in [0.2, 0.25) is 0 Å². The normalized spacial score (nSPS) is 12.9. The molecule has 0 atom stereocenters. The molecule has 0 aliphatic carbocycles. The second-order valence-corrected chi connectivity index (χ2v) is 5.85. The fourth-order valence-electron chi connectivity index (χ4n) is 2.73. The fraction of sp³-hybridized carbons (Fsp3) is 0.105. The molecular formula is C19H17N4O2+. The molecule has 1 aliphatic heterocycles. The summed E-state index contributed by atoms with van der Waals surface area (Å²) in [7, 11) is 0. The zero-order valence-corrected chi connectivity index (χ0v) is 13.7. The van der Waals surface area contributed by atoms with Crippen LogP contribution in [0.5, 0.6) is 5.75 Å². The van der Waals surface area contributed by atoms with Gasteiger partial charge in [0.25, 0.3) is 5.91 Å². The third kappa shape index (κ3) is 3.20. The number of hydrogen-bond acceptors (Lipinski definition) is 4. The SMILES string of the molecule is Cc1ccccc1[NH2+]c1nccc(-c2ccc3c(c2)NC(=O)CO3)n1. The zero-order valence-electron chi connectivity index (χ0n) is 13.7. The van der Waals surface area contributed by atoms with Crippen molar-refractivity contribution in [2.45, 2.75) is 6.92 Å². The average molecular weight is 333 g/mol. The molecule has 6 nitrogen and oxygen atoms in total. The lowest BCUT2D eigenvalue weighted by atomic mass is 10.1. The quantitative estimate of drug-likeness (QED) is 0.721. The summed E-state index contributed by atoms with van der Waals surface area (Å²) in [5, 5.41) is 4.78. The highest BCUT2D eigenvalue weighted by Crippen LogP contribution is 2.32. The van der Waals surface area contributed by atoms with Gasteiger partial charge in [-0.15, -0.1) is 0 Å². The van der Waals surface area contributed by atoms with Gasteiger partial charge >= 0.3 is 5.95 Å². The van der Waals surface area contributed by atoms with E-state index in [0.717, 1.165) is 16.9 Å². The second-order valence-electron chi connectivity index (χ2n) is 5.85. The first-order valence-corrected chi connectivity index (χ1v) is 7.99. The Morgan fingerprint density at radius 1 is 1.16 bits per heavy atom. The van der Waals surface area contributed by atoms with E-state index < -0.39 is 0 Å². The van der Waals surface area contributed by atoms with E-state index in [1.165, 1.54) is 5.56 Å². The summed E-state index contributed by atoms with van der Waals surface area (Å²) < 4.78 is 5.39. The first-order valence-electron chi connectivity index (χ1n) is 7.99. The largest absolute Gasteiger partial charge is 0.482 e. The summed E-state index contributed by atoms with van der Waals surface area (Å²) in [5.74, 6) is 1.16. The molecule has 1 aromatic heterocycles. The minimum absolute atomic E-state index is 0.0510. The van der Waals surface area contributed by atoms with E-state index >= 15 is 0 Å². The Labute approximate surface area is 144 Å². The lowest BCUT2D eigenvalue weighted by Crippen LogP contribution is -2.72. The van der Waals surface area contributed by atoms with Gasteiger partial charge in [-0.1, -0.05) is 18.2 Å². The lowest BCUT2D eigenvalue weighted by Gasteiger charge is -2.18. The highest BCUT2D eigenvalue weighted by atomic mass is 16.5. The number of anilines is 1. The maximum absolute atomic E-state index is 11.5. The number of ether oxygens (including phenoxy) is 1. The Bertz CT molecular complexity index is 956. The number of carbonyl (C=O) groups excluding carboxylic acids is 1. The van der Waals surface area contributed by atoms with Crippen molar-refractivity contribution < 1.29 is 14.8 Å². The molecule has 2 aromatic carbocycles. The number of carbonyl (C=O) groups is 1. The van der Waals surface area contributed by atoms with Crippen molar-refractivity contribution in [3.8, 4) is 17.0 Å². The van der Waals surface area contributed by atoms with Gasteiger partial charge in [0.2, 0.25) is 0 Å². The number of rotatable bonds is 3. The summed E-state index contributed by atoms with van der Waals surface area (Å²) in [6.45, 7) is 2.11. The van der Waals surface area contributed by atoms with Crippen LogP contribution in [0.4, 0.5) is 17.3 Å². The minimum Gasteiger partial charge on any atom is -0.482 e. The Morgan fingerprint density at radius 2 is 2.04 bits per heavy atom. The molecule has 3 aromatic rings. The first kappa shape index (κ1) is 15.3. The number of para-hydroxylation sites is 1. The van der Waals surface area contributed by atoms with Crippen LogP contribution >= 0.6 is 0 Å². The van der Waals surface area contributed by atoms with Gasteiger partial charge in [0.1, 0.15) is 11.4 Å². The highest BCUT2D eigenvalue weighted by molar-refractivity contribution is 5.96. The van der Waals surface area contributed by atoms with Crippen LogP contribution in [-0.4, -0.2) is 22.5 Å². The predicted octanol–water partition coefficient (Wildman–Crippen LogP) is 2.31. The van der Waals surface area contributed by atoms with Crippen LogP contribution in [0.25, 0.3) is 11.3 Å². The van der Waals surface area contributed by atoms with Crippen molar-refractivity contribution in [2.75, 3.05) is 11.9 Å². The summed E-state index contributed by atoms with van der Waals surface area (Å²) in [5.41, 5.74) is 4.61. The van der Waals surface area contributed by atoms with Crippen molar-refractivity contribution in [1.29, 1.82) is 0 Å². The topological polar surface area (TPSA) is 80.7 Å². The number of aryl methyl sites for hydroxylation is 1. The Hall–Kier alpha value is -3.25. The van der Waals surface area contributed by atoms with Crippen molar-refractivity contribution in [3.05, 3.63) is 60.3 Å². The molecule has 1 amide bonds. The van der Waals surface area contributed by atoms with Gasteiger partial charge in [-0.3, -0.25) is 4.79 Å². The van der Waals surface area contributed by atoms with Crippen molar-refractivity contribution >= 4 is 23.2 Å². The van der Waals surface area contributed by atoms with Crippen molar-refractivity contribution in [1.82, 2.24) is 9.97 Å². The first-order chi connectivity index (χ1) is 12.2. The number of aromatic nitrogens is 2. The second kappa shape index (κ2) is 6.33. The number of benzene rings is 2. The van der Waals surface area contributed by atoms with Crippen LogP contribution < -0.4 is 15.4 Å². The number of nitrogens with zero attached hydrogens (tertiary/aromatic N) is 2. The van der Waals surface area contributed by atoms with E-state index in [0.29, 0.717) is 17.4 Å². The third-order valence-corrected chi connectivity index (χ3v) is 4.06. The molecule has 6 heteroatoms. The summed E-state index contributed by atoms with van der Waals surface area (Å²) in [4.78, 5) is 20.5. The number of quaternary nitrogens is 1.